The number of likely N-dealkylation sites (tertiary alicyclic amines) is 1. The van der Waals surface area contributed by atoms with E-state index in [-0.39, 0.29) is 11.5 Å². The van der Waals surface area contributed by atoms with Gasteiger partial charge in [-0.1, -0.05) is 0 Å². The first kappa shape index (κ1) is 15.9. The summed E-state index contributed by atoms with van der Waals surface area (Å²) in [6, 6.07) is 4.35. The lowest BCUT2D eigenvalue weighted by atomic mass is 10.1. The van der Waals surface area contributed by atoms with Gasteiger partial charge in [0.2, 0.25) is 0 Å². The summed E-state index contributed by atoms with van der Waals surface area (Å²) in [5.74, 6) is -0.405. The van der Waals surface area contributed by atoms with Crippen molar-refractivity contribution < 1.29 is 13.9 Å². The maximum Gasteiger partial charge on any atom is 0.176 e. The molecule has 0 bridgehead atoms. The van der Waals surface area contributed by atoms with Crippen LogP contribution in [0.1, 0.15) is 23.2 Å². The summed E-state index contributed by atoms with van der Waals surface area (Å²) in [6.45, 7) is 4.46. The lowest BCUT2D eigenvalue weighted by Crippen LogP contribution is -2.34. The zero-order chi connectivity index (χ0) is 15.2. The van der Waals surface area contributed by atoms with Gasteiger partial charge in [0.15, 0.2) is 17.3 Å². The van der Waals surface area contributed by atoms with Gasteiger partial charge in [-0.15, -0.1) is 0 Å². The largest absolute Gasteiger partial charge is 0.494 e. The van der Waals surface area contributed by atoms with Gasteiger partial charge < -0.3 is 9.64 Å². The van der Waals surface area contributed by atoms with E-state index in [1.54, 1.807) is 6.07 Å². The summed E-state index contributed by atoms with van der Waals surface area (Å²) < 4.78 is 18.5. The third-order valence-electron chi connectivity index (χ3n) is 3.88. The van der Waals surface area contributed by atoms with Gasteiger partial charge in [-0.2, -0.15) is 0 Å². The van der Waals surface area contributed by atoms with E-state index in [1.807, 2.05) is 11.9 Å². The van der Waals surface area contributed by atoms with E-state index in [0.29, 0.717) is 12.1 Å². The van der Waals surface area contributed by atoms with Crippen LogP contribution in [0.5, 0.6) is 5.75 Å². The molecule has 0 N–H and O–H groups in total. The number of halogens is 1. The van der Waals surface area contributed by atoms with E-state index in [2.05, 4.69) is 4.90 Å². The van der Waals surface area contributed by atoms with Crippen LogP contribution in [0.15, 0.2) is 18.2 Å². The fourth-order valence-electron chi connectivity index (χ4n) is 2.57. The highest BCUT2D eigenvalue weighted by Gasteiger charge is 2.15. The molecule has 116 valence electrons. The first-order valence-corrected chi connectivity index (χ1v) is 7.38. The Balaban J connectivity index is 1.83. The Hall–Kier alpha value is -1.46. The SMILES string of the molecule is COc1ccc(C(=O)CN(C)CCN2CCCC2)cc1F. The van der Waals surface area contributed by atoms with Crippen molar-refractivity contribution in [1.29, 1.82) is 0 Å². The number of ketones is 1. The molecule has 0 aliphatic carbocycles. The molecule has 1 aliphatic heterocycles. The number of likely N-dealkylation sites (N-methyl/N-ethyl adjacent to an activating group) is 1. The van der Waals surface area contributed by atoms with Crippen molar-refractivity contribution in [2.24, 2.45) is 0 Å². The summed E-state index contributed by atoms with van der Waals surface area (Å²) in [5, 5.41) is 0. The summed E-state index contributed by atoms with van der Waals surface area (Å²) >= 11 is 0. The van der Waals surface area contributed by atoms with Crippen molar-refractivity contribution in [3.8, 4) is 5.75 Å². The molecular weight excluding hydrogens is 271 g/mol. The molecular formula is C16H23FN2O2. The number of rotatable bonds is 7. The third kappa shape index (κ3) is 4.51. The second-order valence-corrected chi connectivity index (χ2v) is 5.56. The van der Waals surface area contributed by atoms with Crippen LogP contribution in [0.3, 0.4) is 0 Å². The van der Waals surface area contributed by atoms with E-state index in [4.69, 9.17) is 4.74 Å². The quantitative estimate of drug-likeness (QED) is 0.721. The standard InChI is InChI=1S/C16H23FN2O2/c1-18(9-10-19-7-3-4-8-19)12-15(20)13-5-6-16(21-2)14(17)11-13/h5-6,11H,3-4,7-10,12H2,1-2H3. The second kappa shape index (κ2) is 7.52. The fraction of sp³-hybridized carbons (Fsp3) is 0.562. The summed E-state index contributed by atoms with van der Waals surface area (Å²) in [7, 11) is 3.33. The molecule has 1 fully saturated rings. The Labute approximate surface area is 125 Å². The minimum absolute atomic E-state index is 0.0690. The van der Waals surface area contributed by atoms with Gasteiger partial charge in [0.1, 0.15) is 0 Å². The highest BCUT2D eigenvalue weighted by atomic mass is 19.1. The van der Waals surface area contributed by atoms with E-state index >= 15 is 0 Å². The van der Waals surface area contributed by atoms with Crippen LogP contribution in [0.4, 0.5) is 4.39 Å². The van der Waals surface area contributed by atoms with E-state index in [0.717, 1.165) is 26.2 Å². The Bertz CT molecular complexity index is 487. The summed E-state index contributed by atoms with van der Waals surface area (Å²) in [4.78, 5) is 16.5. The van der Waals surface area contributed by atoms with Gasteiger partial charge in [-0.3, -0.25) is 9.69 Å². The van der Waals surface area contributed by atoms with Gasteiger partial charge in [0, 0.05) is 18.7 Å². The van der Waals surface area contributed by atoms with E-state index in [1.165, 1.54) is 32.1 Å². The minimum atomic E-state index is -0.497. The van der Waals surface area contributed by atoms with Gasteiger partial charge in [0.25, 0.3) is 0 Å². The molecule has 2 rings (SSSR count). The maximum atomic E-state index is 13.6. The number of carbonyl (C=O) groups is 1. The molecule has 0 spiro atoms. The Morgan fingerprint density at radius 2 is 2.10 bits per heavy atom. The summed E-state index contributed by atoms with van der Waals surface area (Å²) in [6.07, 6.45) is 2.54. The lowest BCUT2D eigenvalue weighted by molar-refractivity contribution is 0.0940. The first-order valence-electron chi connectivity index (χ1n) is 7.38. The molecule has 1 aromatic rings. The monoisotopic (exact) mass is 294 g/mol. The zero-order valence-electron chi connectivity index (χ0n) is 12.8. The predicted octanol–water partition coefficient (Wildman–Crippen LogP) is 2.04. The molecule has 0 amide bonds. The van der Waals surface area contributed by atoms with E-state index < -0.39 is 5.82 Å². The van der Waals surface area contributed by atoms with Gasteiger partial charge in [-0.25, -0.2) is 4.39 Å². The molecule has 0 radical (unpaired) electrons. The normalized spacial score (nSPS) is 15.6. The molecule has 1 heterocycles. The molecule has 0 saturated carbocycles. The first-order chi connectivity index (χ1) is 10.1. The van der Waals surface area contributed by atoms with Crippen LogP contribution < -0.4 is 4.74 Å². The Kier molecular flexibility index (Phi) is 5.70. The molecule has 0 atom stereocenters. The number of hydrogen-bond acceptors (Lipinski definition) is 4. The third-order valence-corrected chi connectivity index (χ3v) is 3.88. The smallest absolute Gasteiger partial charge is 0.176 e. The molecule has 0 unspecified atom stereocenters. The van der Waals surface area contributed by atoms with Crippen molar-refractivity contribution >= 4 is 5.78 Å². The fourth-order valence-corrected chi connectivity index (χ4v) is 2.57. The van der Waals surface area contributed by atoms with Crippen molar-refractivity contribution in [3.63, 3.8) is 0 Å². The molecule has 5 heteroatoms. The maximum absolute atomic E-state index is 13.6. The number of carbonyl (C=O) groups excluding carboxylic acids is 1. The van der Waals surface area contributed by atoms with Crippen LogP contribution in [0.2, 0.25) is 0 Å². The average Bonchev–Trinajstić information content (AvgIpc) is 2.98. The molecule has 21 heavy (non-hydrogen) atoms. The van der Waals surface area contributed by atoms with Crippen molar-refractivity contribution in [1.82, 2.24) is 9.80 Å². The molecule has 0 aromatic heterocycles. The summed E-state index contributed by atoms with van der Waals surface area (Å²) in [5.41, 5.74) is 0.390. The van der Waals surface area contributed by atoms with Crippen molar-refractivity contribution in [3.05, 3.63) is 29.6 Å². The predicted molar refractivity (Wildman–Crippen MR) is 80.5 cm³/mol. The van der Waals surface area contributed by atoms with Crippen LogP contribution in [0.25, 0.3) is 0 Å². The number of methoxy groups -OCH3 is 1. The highest BCUT2D eigenvalue weighted by molar-refractivity contribution is 5.97. The topological polar surface area (TPSA) is 32.8 Å². The highest BCUT2D eigenvalue weighted by Crippen LogP contribution is 2.18. The second-order valence-electron chi connectivity index (χ2n) is 5.56. The van der Waals surface area contributed by atoms with Gasteiger partial charge >= 0.3 is 0 Å². The van der Waals surface area contributed by atoms with Crippen molar-refractivity contribution in [2.75, 3.05) is 46.9 Å². The van der Waals surface area contributed by atoms with E-state index in [9.17, 15) is 9.18 Å². The van der Waals surface area contributed by atoms with Crippen molar-refractivity contribution in [2.45, 2.75) is 12.8 Å². The average molecular weight is 294 g/mol. The van der Waals surface area contributed by atoms with Crippen LogP contribution in [-0.4, -0.2) is 62.5 Å². The zero-order valence-corrected chi connectivity index (χ0v) is 12.8. The minimum Gasteiger partial charge on any atom is -0.494 e. The number of nitrogens with zero attached hydrogens (tertiary/aromatic N) is 2. The molecule has 4 nitrogen and oxygen atoms in total. The number of hydrogen-bond donors (Lipinski definition) is 0. The van der Waals surface area contributed by atoms with Gasteiger partial charge in [-0.05, 0) is 51.2 Å². The van der Waals surface area contributed by atoms with Crippen LogP contribution >= 0.6 is 0 Å². The number of benzene rings is 1. The molecule has 1 saturated heterocycles. The Morgan fingerprint density at radius 3 is 2.71 bits per heavy atom. The molecule has 1 aromatic carbocycles. The number of Topliss-reactive ketones (excluding diaryl/α,β-unsaturated/α-hetero) is 1. The Morgan fingerprint density at radius 1 is 1.38 bits per heavy atom. The number of ether oxygens (including phenoxy) is 1. The van der Waals surface area contributed by atoms with Crippen LogP contribution in [-0.2, 0) is 0 Å². The van der Waals surface area contributed by atoms with Gasteiger partial charge in [0.05, 0.1) is 13.7 Å². The molecule has 1 aliphatic rings. The lowest BCUT2D eigenvalue weighted by Gasteiger charge is -2.20. The van der Waals surface area contributed by atoms with Crippen LogP contribution in [0, 0.1) is 5.82 Å².